The first kappa shape index (κ1) is 11.0. The molecule has 0 unspecified atom stereocenters. The Balaban J connectivity index is 2.99. The molecule has 3 N–H and O–H groups in total. The van der Waals surface area contributed by atoms with Crippen LogP contribution in [0, 0.1) is 0 Å². The van der Waals surface area contributed by atoms with Crippen LogP contribution in [0.5, 0.6) is 0 Å². The molecule has 14 heavy (non-hydrogen) atoms. The number of aryl methyl sites for hydroxylation is 1. The van der Waals surface area contributed by atoms with Gasteiger partial charge < -0.3 is 11.1 Å². The van der Waals surface area contributed by atoms with Crippen LogP contribution < -0.4 is 11.1 Å². The van der Waals surface area contributed by atoms with E-state index < -0.39 is 0 Å². The van der Waals surface area contributed by atoms with Crippen molar-refractivity contribution in [3.05, 3.63) is 11.8 Å². The van der Waals surface area contributed by atoms with Gasteiger partial charge in [-0.15, -0.1) is 0 Å². The molecule has 0 spiro atoms. The molecule has 4 nitrogen and oxygen atoms in total. The second-order valence-corrected chi connectivity index (χ2v) is 4.72. The predicted molar refractivity (Wildman–Crippen MR) is 62.3 cm³/mol. The summed E-state index contributed by atoms with van der Waals surface area (Å²) in [4.78, 5) is 0. The normalized spacial score (nSPS) is 11.4. The summed E-state index contributed by atoms with van der Waals surface area (Å²) >= 11 is 4.77. The molecule has 0 saturated heterocycles. The van der Waals surface area contributed by atoms with Gasteiger partial charge in [-0.25, -0.2) is 0 Å². The van der Waals surface area contributed by atoms with Gasteiger partial charge in [-0.3, -0.25) is 4.68 Å². The Hall–Kier alpha value is -1.10. The van der Waals surface area contributed by atoms with Gasteiger partial charge in [0.2, 0.25) is 0 Å². The van der Waals surface area contributed by atoms with Crippen molar-refractivity contribution in [1.29, 1.82) is 0 Å². The molecule has 78 valence electrons. The quantitative estimate of drug-likeness (QED) is 0.690. The van der Waals surface area contributed by atoms with Gasteiger partial charge >= 0.3 is 0 Å². The lowest BCUT2D eigenvalue weighted by Gasteiger charge is -2.13. The molecule has 0 saturated carbocycles. The molecule has 1 aromatic heterocycles. The second kappa shape index (κ2) is 3.57. The summed E-state index contributed by atoms with van der Waals surface area (Å²) in [6.45, 7) is 6.33. The van der Waals surface area contributed by atoms with Gasteiger partial charge in [0.05, 0.1) is 5.69 Å². The lowest BCUT2D eigenvalue weighted by molar-refractivity contribution is 0.553. The first-order chi connectivity index (χ1) is 6.30. The van der Waals surface area contributed by atoms with Crippen molar-refractivity contribution in [2.24, 2.45) is 12.8 Å². The van der Waals surface area contributed by atoms with E-state index in [1.807, 2.05) is 13.1 Å². The molecule has 0 radical (unpaired) electrons. The summed E-state index contributed by atoms with van der Waals surface area (Å²) in [7, 11) is 1.86. The lowest BCUT2D eigenvalue weighted by atomic mass is 9.92. The maximum atomic E-state index is 5.39. The number of thiocarbonyl (C=S) groups is 1. The van der Waals surface area contributed by atoms with Crippen LogP contribution in [0.1, 0.15) is 26.5 Å². The standard InChI is InChI=1S/C9H16N4S/c1-9(2,3)6-5-7(11-8(10)14)13(4)12-6/h5H,1-4H3,(H3,10,11,14). The van der Waals surface area contributed by atoms with E-state index in [-0.39, 0.29) is 10.5 Å². The topological polar surface area (TPSA) is 55.9 Å². The molecule has 0 aromatic carbocycles. The number of anilines is 1. The van der Waals surface area contributed by atoms with E-state index in [0.29, 0.717) is 0 Å². The fraction of sp³-hybridized carbons (Fsp3) is 0.556. The average Bonchev–Trinajstić information content (AvgIpc) is 2.30. The molecule has 0 amide bonds. The van der Waals surface area contributed by atoms with Gasteiger partial charge in [0.25, 0.3) is 0 Å². The number of rotatable bonds is 1. The first-order valence-corrected chi connectivity index (χ1v) is 4.82. The van der Waals surface area contributed by atoms with Gasteiger partial charge in [0, 0.05) is 18.5 Å². The van der Waals surface area contributed by atoms with Crippen LogP contribution in [0.3, 0.4) is 0 Å². The van der Waals surface area contributed by atoms with Crippen LogP contribution in [-0.4, -0.2) is 14.9 Å². The van der Waals surface area contributed by atoms with Gasteiger partial charge in [-0.1, -0.05) is 20.8 Å². The summed E-state index contributed by atoms with van der Waals surface area (Å²) < 4.78 is 1.74. The minimum atomic E-state index is 0.0356. The fourth-order valence-electron chi connectivity index (χ4n) is 1.08. The van der Waals surface area contributed by atoms with E-state index >= 15 is 0 Å². The molecule has 0 aliphatic carbocycles. The number of nitrogens with two attached hydrogens (primary N) is 1. The SMILES string of the molecule is Cn1nc(C(C)(C)C)cc1NC(N)=S. The Bertz CT molecular complexity index is 348. The third-order valence-corrected chi connectivity index (χ3v) is 2.00. The number of nitrogens with zero attached hydrogens (tertiary/aromatic N) is 2. The van der Waals surface area contributed by atoms with Crippen molar-refractivity contribution in [3.8, 4) is 0 Å². The lowest BCUT2D eigenvalue weighted by Crippen LogP contribution is -2.20. The van der Waals surface area contributed by atoms with Crippen molar-refractivity contribution in [2.75, 3.05) is 5.32 Å². The minimum Gasteiger partial charge on any atom is -0.376 e. The predicted octanol–water partition coefficient (Wildman–Crippen LogP) is 1.37. The average molecular weight is 212 g/mol. The van der Waals surface area contributed by atoms with Crippen LogP contribution in [0.4, 0.5) is 5.82 Å². The Morgan fingerprint density at radius 1 is 1.57 bits per heavy atom. The summed E-state index contributed by atoms with van der Waals surface area (Å²) in [6, 6.07) is 1.96. The Kier molecular flexibility index (Phi) is 2.80. The van der Waals surface area contributed by atoms with E-state index in [1.165, 1.54) is 0 Å². The zero-order valence-electron chi connectivity index (χ0n) is 8.96. The maximum Gasteiger partial charge on any atom is 0.169 e. The smallest absolute Gasteiger partial charge is 0.169 e. The van der Waals surface area contributed by atoms with E-state index in [2.05, 4.69) is 31.2 Å². The molecule has 1 aromatic rings. The number of hydrogen-bond acceptors (Lipinski definition) is 2. The third-order valence-electron chi connectivity index (χ3n) is 1.90. The number of nitrogens with one attached hydrogen (secondary N) is 1. The molecular formula is C9H16N4S. The van der Waals surface area contributed by atoms with E-state index in [4.69, 9.17) is 18.0 Å². The minimum absolute atomic E-state index is 0.0356. The molecule has 0 aliphatic heterocycles. The Labute approximate surface area is 89.5 Å². The molecule has 0 atom stereocenters. The molecule has 0 fully saturated rings. The van der Waals surface area contributed by atoms with E-state index in [1.54, 1.807) is 4.68 Å². The Morgan fingerprint density at radius 2 is 2.14 bits per heavy atom. The van der Waals surface area contributed by atoms with E-state index in [9.17, 15) is 0 Å². The third kappa shape index (κ3) is 2.45. The number of hydrogen-bond donors (Lipinski definition) is 2. The zero-order chi connectivity index (χ0) is 10.9. The van der Waals surface area contributed by atoms with Crippen LogP contribution in [0.15, 0.2) is 6.07 Å². The molecule has 1 heterocycles. The molecule has 1 rings (SSSR count). The summed E-state index contributed by atoms with van der Waals surface area (Å²) in [6.07, 6.45) is 0. The van der Waals surface area contributed by atoms with Crippen molar-refractivity contribution < 1.29 is 0 Å². The summed E-state index contributed by atoms with van der Waals surface area (Å²) in [5.74, 6) is 0.822. The zero-order valence-corrected chi connectivity index (χ0v) is 9.77. The summed E-state index contributed by atoms with van der Waals surface area (Å²) in [5.41, 5.74) is 6.44. The largest absolute Gasteiger partial charge is 0.376 e. The van der Waals surface area contributed by atoms with Crippen molar-refractivity contribution in [2.45, 2.75) is 26.2 Å². The van der Waals surface area contributed by atoms with Gasteiger partial charge in [0.15, 0.2) is 5.11 Å². The van der Waals surface area contributed by atoms with Crippen LogP contribution >= 0.6 is 12.2 Å². The Morgan fingerprint density at radius 3 is 2.50 bits per heavy atom. The van der Waals surface area contributed by atoms with Crippen molar-refractivity contribution in [1.82, 2.24) is 9.78 Å². The second-order valence-electron chi connectivity index (χ2n) is 4.28. The maximum absolute atomic E-state index is 5.39. The van der Waals surface area contributed by atoms with E-state index in [0.717, 1.165) is 11.5 Å². The fourth-order valence-corrected chi connectivity index (χ4v) is 1.18. The molecular weight excluding hydrogens is 196 g/mol. The first-order valence-electron chi connectivity index (χ1n) is 4.41. The molecule has 5 heteroatoms. The van der Waals surface area contributed by atoms with Gasteiger partial charge in [0.1, 0.15) is 5.82 Å². The van der Waals surface area contributed by atoms with Crippen LogP contribution in [-0.2, 0) is 12.5 Å². The summed E-state index contributed by atoms with van der Waals surface area (Å²) in [5, 5.41) is 7.51. The number of aromatic nitrogens is 2. The highest BCUT2D eigenvalue weighted by Gasteiger charge is 2.18. The molecule has 0 bridgehead atoms. The van der Waals surface area contributed by atoms with Crippen LogP contribution in [0.2, 0.25) is 0 Å². The van der Waals surface area contributed by atoms with Crippen molar-refractivity contribution in [3.63, 3.8) is 0 Å². The van der Waals surface area contributed by atoms with Crippen LogP contribution in [0.25, 0.3) is 0 Å². The highest BCUT2D eigenvalue weighted by Crippen LogP contribution is 2.23. The highest BCUT2D eigenvalue weighted by atomic mass is 32.1. The van der Waals surface area contributed by atoms with Gasteiger partial charge in [-0.2, -0.15) is 5.10 Å². The van der Waals surface area contributed by atoms with Crippen molar-refractivity contribution >= 4 is 23.1 Å². The highest BCUT2D eigenvalue weighted by molar-refractivity contribution is 7.80. The van der Waals surface area contributed by atoms with Gasteiger partial charge in [-0.05, 0) is 12.2 Å². The molecule has 0 aliphatic rings. The monoisotopic (exact) mass is 212 g/mol.